The smallest absolute Gasteiger partial charge is 0.337 e. The van der Waals surface area contributed by atoms with Crippen molar-refractivity contribution in [1.29, 1.82) is 0 Å². The first-order chi connectivity index (χ1) is 8.58. The third-order valence-corrected chi connectivity index (χ3v) is 2.89. The van der Waals surface area contributed by atoms with Gasteiger partial charge in [-0.2, -0.15) is 0 Å². The number of carbonyl (C=O) groups is 1. The van der Waals surface area contributed by atoms with Crippen molar-refractivity contribution in [2.45, 2.75) is 19.4 Å². The summed E-state index contributed by atoms with van der Waals surface area (Å²) in [5, 5.41) is 8.87. The molecule has 98 valence electrons. The summed E-state index contributed by atoms with van der Waals surface area (Å²) in [6, 6.07) is 1.45. The van der Waals surface area contributed by atoms with E-state index in [1.165, 1.54) is 12.3 Å². The second-order valence-electron chi connectivity index (χ2n) is 4.42. The molecule has 1 aromatic heterocycles. The fourth-order valence-corrected chi connectivity index (χ4v) is 2.04. The van der Waals surface area contributed by atoms with Gasteiger partial charge in [-0.25, -0.2) is 9.78 Å². The van der Waals surface area contributed by atoms with Gasteiger partial charge in [-0.3, -0.25) is 0 Å². The van der Waals surface area contributed by atoms with Crippen LogP contribution in [0.2, 0.25) is 0 Å². The number of nitrogen functional groups attached to an aromatic ring is 1. The van der Waals surface area contributed by atoms with Crippen LogP contribution < -0.4 is 10.6 Å². The molecule has 1 fully saturated rings. The van der Waals surface area contributed by atoms with E-state index in [1.807, 2.05) is 11.8 Å². The molecule has 0 spiro atoms. The van der Waals surface area contributed by atoms with Crippen LogP contribution in [0, 0.1) is 0 Å². The molecule has 1 aromatic rings. The summed E-state index contributed by atoms with van der Waals surface area (Å²) in [7, 11) is 0. The van der Waals surface area contributed by atoms with Gasteiger partial charge in [0.2, 0.25) is 0 Å². The predicted molar refractivity (Wildman–Crippen MR) is 67.9 cm³/mol. The Morgan fingerprint density at radius 1 is 1.67 bits per heavy atom. The molecule has 1 aliphatic heterocycles. The number of rotatable bonds is 2. The minimum absolute atomic E-state index is 0.107. The summed E-state index contributed by atoms with van der Waals surface area (Å²) in [5.74, 6) is -0.384. The lowest BCUT2D eigenvalue weighted by Crippen LogP contribution is -2.31. The van der Waals surface area contributed by atoms with Gasteiger partial charge >= 0.3 is 5.97 Å². The molecule has 0 aliphatic carbocycles. The van der Waals surface area contributed by atoms with Gasteiger partial charge in [0.05, 0.1) is 17.4 Å². The first-order valence-electron chi connectivity index (χ1n) is 5.93. The molecule has 0 amide bonds. The van der Waals surface area contributed by atoms with Crippen LogP contribution in [0.4, 0.5) is 11.5 Å². The first-order valence-corrected chi connectivity index (χ1v) is 5.93. The van der Waals surface area contributed by atoms with Gasteiger partial charge in [0.25, 0.3) is 0 Å². The Kier molecular flexibility index (Phi) is 3.66. The summed E-state index contributed by atoms with van der Waals surface area (Å²) in [6.45, 7) is 4.25. The van der Waals surface area contributed by atoms with Gasteiger partial charge in [-0.1, -0.05) is 0 Å². The number of carboxylic acid groups (broad SMARTS) is 1. The molecule has 18 heavy (non-hydrogen) atoms. The zero-order valence-corrected chi connectivity index (χ0v) is 10.3. The van der Waals surface area contributed by atoms with E-state index in [9.17, 15) is 4.79 Å². The lowest BCUT2D eigenvalue weighted by molar-refractivity contribution is 0.0696. The average Bonchev–Trinajstić information content (AvgIpc) is 2.53. The molecule has 6 heteroatoms. The van der Waals surface area contributed by atoms with Gasteiger partial charge in [0.1, 0.15) is 0 Å². The van der Waals surface area contributed by atoms with Crippen LogP contribution in [0.1, 0.15) is 23.7 Å². The predicted octanol–water partition coefficient (Wildman–Crippen LogP) is 0.977. The Hall–Kier alpha value is -1.82. The lowest BCUT2D eigenvalue weighted by atomic mass is 10.2. The fraction of sp³-hybridized carbons (Fsp3) is 0.500. The quantitative estimate of drug-likeness (QED) is 0.814. The number of anilines is 2. The Morgan fingerprint density at radius 3 is 3.11 bits per heavy atom. The summed E-state index contributed by atoms with van der Waals surface area (Å²) in [4.78, 5) is 17.0. The Labute approximate surface area is 105 Å². The highest BCUT2D eigenvalue weighted by Crippen LogP contribution is 2.23. The second kappa shape index (κ2) is 5.22. The maximum absolute atomic E-state index is 10.8. The average molecular weight is 251 g/mol. The number of hydrogen-bond donors (Lipinski definition) is 2. The molecule has 1 aliphatic rings. The number of ether oxygens (including phenoxy) is 1. The SMILES string of the molecule is CC1CN(c2ncc(C(=O)O)cc2N)CCCO1. The minimum Gasteiger partial charge on any atom is -0.478 e. The topological polar surface area (TPSA) is 88.7 Å². The van der Waals surface area contributed by atoms with E-state index in [0.717, 1.165) is 19.6 Å². The summed E-state index contributed by atoms with van der Waals surface area (Å²) >= 11 is 0. The number of aromatic carboxylic acids is 1. The van der Waals surface area contributed by atoms with Gasteiger partial charge in [-0.05, 0) is 19.4 Å². The monoisotopic (exact) mass is 251 g/mol. The standard InChI is InChI=1S/C12H17N3O3/c1-8-7-15(3-2-4-18-8)11-10(13)5-9(6-14-11)12(16)17/h5-6,8H,2-4,7,13H2,1H3,(H,16,17). The van der Waals surface area contributed by atoms with Gasteiger partial charge in [0, 0.05) is 25.9 Å². The lowest BCUT2D eigenvalue weighted by Gasteiger charge is -2.24. The van der Waals surface area contributed by atoms with Crippen LogP contribution in [-0.4, -0.2) is 41.9 Å². The number of nitrogens with two attached hydrogens (primary N) is 1. The highest BCUT2D eigenvalue weighted by molar-refractivity contribution is 5.89. The van der Waals surface area contributed by atoms with Gasteiger partial charge in [0.15, 0.2) is 5.82 Å². The van der Waals surface area contributed by atoms with Crippen molar-refractivity contribution in [3.8, 4) is 0 Å². The molecule has 6 nitrogen and oxygen atoms in total. The van der Waals surface area contributed by atoms with Crippen molar-refractivity contribution in [3.05, 3.63) is 17.8 Å². The van der Waals surface area contributed by atoms with Crippen molar-refractivity contribution >= 4 is 17.5 Å². The normalized spacial score (nSPS) is 20.5. The van der Waals surface area contributed by atoms with Gasteiger partial charge < -0.3 is 20.5 Å². The summed E-state index contributed by atoms with van der Waals surface area (Å²) in [5.41, 5.74) is 6.38. The zero-order chi connectivity index (χ0) is 13.1. The first kappa shape index (κ1) is 12.6. The molecule has 0 aromatic carbocycles. The van der Waals surface area contributed by atoms with Crippen molar-refractivity contribution in [3.63, 3.8) is 0 Å². The molecule has 0 bridgehead atoms. The van der Waals surface area contributed by atoms with Crippen LogP contribution in [0.15, 0.2) is 12.3 Å². The Balaban J connectivity index is 2.24. The summed E-state index contributed by atoms with van der Waals surface area (Å²) < 4.78 is 5.55. The van der Waals surface area contributed by atoms with Crippen molar-refractivity contribution < 1.29 is 14.6 Å². The van der Waals surface area contributed by atoms with Crippen LogP contribution >= 0.6 is 0 Å². The van der Waals surface area contributed by atoms with E-state index in [2.05, 4.69) is 4.98 Å². The number of aromatic nitrogens is 1. The van der Waals surface area contributed by atoms with Crippen molar-refractivity contribution in [2.75, 3.05) is 30.3 Å². The molecule has 2 heterocycles. The Morgan fingerprint density at radius 2 is 2.44 bits per heavy atom. The number of hydrogen-bond acceptors (Lipinski definition) is 5. The van der Waals surface area contributed by atoms with E-state index < -0.39 is 5.97 Å². The molecule has 2 rings (SSSR count). The molecular formula is C12H17N3O3. The fourth-order valence-electron chi connectivity index (χ4n) is 2.04. The van der Waals surface area contributed by atoms with E-state index in [1.54, 1.807) is 0 Å². The number of carboxylic acids is 1. The highest BCUT2D eigenvalue weighted by atomic mass is 16.5. The molecule has 0 saturated carbocycles. The van der Waals surface area contributed by atoms with Crippen LogP contribution in [-0.2, 0) is 4.74 Å². The molecular weight excluding hydrogens is 234 g/mol. The van der Waals surface area contributed by atoms with Crippen LogP contribution in [0.25, 0.3) is 0 Å². The second-order valence-corrected chi connectivity index (χ2v) is 4.42. The molecule has 3 N–H and O–H groups in total. The molecule has 1 atom stereocenters. The molecule has 1 unspecified atom stereocenters. The van der Waals surface area contributed by atoms with E-state index in [4.69, 9.17) is 15.6 Å². The third kappa shape index (κ3) is 2.70. The van der Waals surface area contributed by atoms with Gasteiger partial charge in [-0.15, -0.1) is 0 Å². The van der Waals surface area contributed by atoms with E-state index in [-0.39, 0.29) is 11.7 Å². The largest absolute Gasteiger partial charge is 0.478 e. The van der Waals surface area contributed by atoms with Crippen LogP contribution in [0.5, 0.6) is 0 Å². The van der Waals surface area contributed by atoms with E-state index >= 15 is 0 Å². The highest BCUT2D eigenvalue weighted by Gasteiger charge is 2.19. The van der Waals surface area contributed by atoms with Crippen molar-refractivity contribution in [1.82, 2.24) is 4.98 Å². The number of nitrogens with zero attached hydrogens (tertiary/aromatic N) is 2. The number of pyridine rings is 1. The third-order valence-electron chi connectivity index (χ3n) is 2.89. The van der Waals surface area contributed by atoms with Crippen LogP contribution in [0.3, 0.4) is 0 Å². The maximum atomic E-state index is 10.8. The Bertz CT molecular complexity index is 450. The maximum Gasteiger partial charge on any atom is 0.337 e. The molecule has 0 radical (unpaired) electrons. The van der Waals surface area contributed by atoms with Crippen molar-refractivity contribution in [2.24, 2.45) is 0 Å². The molecule has 1 saturated heterocycles. The zero-order valence-electron chi connectivity index (χ0n) is 10.3. The minimum atomic E-state index is -1.02. The summed E-state index contributed by atoms with van der Waals surface area (Å²) in [6.07, 6.45) is 2.36. The van der Waals surface area contributed by atoms with E-state index in [0.29, 0.717) is 18.1 Å².